The monoisotopic (exact) mass is 482 g/mol. The molecule has 146 valence electrons. The number of nitrogens with zero attached hydrogens (tertiary/aromatic N) is 1. The lowest BCUT2D eigenvalue weighted by Crippen LogP contribution is -2.19. The number of anilines is 2. The van der Waals surface area contributed by atoms with E-state index in [2.05, 4.69) is 52.3 Å². The average Bonchev–Trinajstić information content (AvgIpc) is 3.20. The molecule has 29 heavy (non-hydrogen) atoms. The van der Waals surface area contributed by atoms with E-state index in [0.29, 0.717) is 11.4 Å². The third kappa shape index (κ3) is 4.36. The number of hydrogen-bond donors (Lipinski definition) is 0. The van der Waals surface area contributed by atoms with Crippen LogP contribution in [0.15, 0.2) is 88.7 Å². The Hall–Kier alpha value is -2.25. The molecule has 1 unspecified atom stereocenters. The van der Waals surface area contributed by atoms with E-state index in [1.165, 1.54) is 15.6 Å². The lowest BCUT2D eigenvalue weighted by Gasteiger charge is -2.26. The molecule has 0 aliphatic rings. The van der Waals surface area contributed by atoms with E-state index < -0.39 is 11.3 Å². The van der Waals surface area contributed by atoms with Crippen molar-refractivity contribution >= 4 is 49.9 Å². The Morgan fingerprint density at radius 1 is 0.897 bits per heavy atom. The Balaban J connectivity index is 1.64. The Labute approximate surface area is 185 Å². The molecule has 0 amide bonds. The summed E-state index contributed by atoms with van der Waals surface area (Å²) in [5.74, 6) is 0. The highest BCUT2D eigenvalue weighted by Crippen LogP contribution is 2.37. The molecular formula is C23H17BrNO2S2-. The predicted molar refractivity (Wildman–Crippen MR) is 125 cm³/mol. The number of benzene rings is 3. The van der Waals surface area contributed by atoms with Gasteiger partial charge >= 0.3 is 0 Å². The minimum Gasteiger partial charge on any atom is -0.755 e. The molecule has 3 aromatic carbocycles. The first-order valence-corrected chi connectivity index (χ1v) is 11.6. The number of halogens is 1. The largest absolute Gasteiger partial charge is 0.755 e. The van der Waals surface area contributed by atoms with E-state index in [-0.39, 0.29) is 0 Å². The van der Waals surface area contributed by atoms with Crippen molar-refractivity contribution < 1.29 is 8.76 Å². The van der Waals surface area contributed by atoms with Crippen LogP contribution in [0.4, 0.5) is 11.4 Å². The standard InChI is InChI=1S/C23H18BrNO2S2/c1-16-4-2-3-5-22(16)25(29(26)27)21-14-23(28-15-21)19-8-6-17(7-9-19)18-10-12-20(24)13-11-18/h2-15H,1H3,(H,26,27)/p-1. The van der Waals surface area contributed by atoms with Crippen molar-refractivity contribution in [1.82, 2.24) is 0 Å². The Morgan fingerprint density at radius 3 is 2.10 bits per heavy atom. The van der Waals surface area contributed by atoms with Gasteiger partial charge in [0.25, 0.3) is 0 Å². The van der Waals surface area contributed by atoms with Crippen molar-refractivity contribution in [1.29, 1.82) is 0 Å². The summed E-state index contributed by atoms with van der Waals surface area (Å²) in [5.41, 5.74) is 5.56. The fourth-order valence-electron chi connectivity index (χ4n) is 3.15. The summed E-state index contributed by atoms with van der Waals surface area (Å²) in [6.45, 7) is 1.91. The lowest BCUT2D eigenvalue weighted by molar-refractivity contribution is 0.537. The SMILES string of the molecule is Cc1ccccc1N(c1csc(-c2ccc(-c3ccc(Br)cc3)cc2)c1)S(=O)[O-]. The van der Waals surface area contributed by atoms with Gasteiger partial charge in [0.2, 0.25) is 0 Å². The van der Waals surface area contributed by atoms with Gasteiger partial charge in [-0.25, -0.2) is 0 Å². The van der Waals surface area contributed by atoms with Gasteiger partial charge in [-0.05, 0) is 53.4 Å². The van der Waals surface area contributed by atoms with Gasteiger partial charge in [-0.2, -0.15) is 0 Å². The first-order chi connectivity index (χ1) is 14.0. The molecule has 4 aromatic rings. The summed E-state index contributed by atoms with van der Waals surface area (Å²) in [5, 5.41) is 1.88. The fraction of sp³-hybridized carbons (Fsp3) is 0.0435. The molecule has 0 saturated carbocycles. The van der Waals surface area contributed by atoms with Gasteiger partial charge in [0, 0.05) is 14.7 Å². The Kier molecular flexibility index (Phi) is 5.96. The summed E-state index contributed by atoms with van der Waals surface area (Å²) in [6.07, 6.45) is 0. The molecule has 0 radical (unpaired) electrons. The molecule has 0 saturated heterocycles. The highest BCUT2D eigenvalue weighted by Gasteiger charge is 2.15. The molecule has 6 heteroatoms. The zero-order valence-corrected chi connectivity index (χ0v) is 18.8. The number of thiophene rings is 1. The maximum atomic E-state index is 12.0. The topological polar surface area (TPSA) is 43.4 Å². The van der Waals surface area contributed by atoms with E-state index in [0.717, 1.165) is 31.6 Å². The normalized spacial score (nSPS) is 12.0. The molecule has 0 fully saturated rings. The molecule has 4 rings (SSSR count). The van der Waals surface area contributed by atoms with Gasteiger partial charge < -0.3 is 4.55 Å². The van der Waals surface area contributed by atoms with Gasteiger partial charge in [0.1, 0.15) is 0 Å². The molecule has 1 atom stereocenters. The van der Waals surface area contributed by atoms with Gasteiger partial charge in [0.05, 0.1) is 22.6 Å². The van der Waals surface area contributed by atoms with Gasteiger partial charge in [-0.15, -0.1) is 11.3 Å². The van der Waals surface area contributed by atoms with Gasteiger partial charge in [-0.1, -0.05) is 70.5 Å². The van der Waals surface area contributed by atoms with Crippen molar-refractivity contribution in [3.8, 4) is 21.6 Å². The van der Waals surface area contributed by atoms with Crippen molar-refractivity contribution in [2.45, 2.75) is 6.92 Å². The van der Waals surface area contributed by atoms with Crippen molar-refractivity contribution in [3.05, 3.63) is 94.3 Å². The zero-order chi connectivity index (χ0) is 20.4. The zero-order valence-electron chi connectivity index (χ0n) is 15.5. The van der Waals surface area contributed by atoms with Crippen LogP contribution in [-0.2, 0) is 11.3 Å². The molecular weight excluding hydrogens is 466 g/mol. The summed E-state index contributed by atoms with van der Waals surface area (Å²) in [4.78, 5) is 1.02. The summed E-state index contributed by atoms with van der Waals surface area (Å²) in [6, 6.07) is 25.9. The maximum Gasteiger partial charge on any atom is 0.0651 e. The van der Waals surface area contributed by atoms with Crippen LogP contribution in [0, 0.1) is 6.92 Å². The summed E-state index contributed by atoms with van der Waals surface area (Å²) in [7, 11) is 0. The van der Waals surface area contributed by atoms with Crippen LogP contribution >= 0.6 is 27.3 Å². The minimum absolute atomic E-state index is 0.643. The third-order valence-corrected chi connectivity index (χ3v) is 6.85. The lowest BCUT2D eigenvalue weighted by atomic mass is 10.0. The van der Waals surface area contributed by atoms with Crippen molar-refractivity contribution in [2.75, 3.05) is 4.31 Å². The average molecular weight is 483 g/mol. The molecule has 1 heterocycles. The fourth-order valence-corrected chi connectivity index (χ4v) is 5.01. The summed E-state index contributed by atoms with van der Waals surface area (Å²) < 4.78 is 26.3. The van der Waals surface area contributed by atoms with Crippen LogP contribution in [0.25, 0.3) is 21.6 Å². The van der Waals surface area contributed by atoms with Crippen LogP contribution in [0.5, 0.6) is 0 Å². The molecule has 0 bridgehead atoms. The van der Waals surface area contributed by atoms with Gasteiger partial charge in [-0.3, -0.25) is 8.51 Å². The Morgan fingerprint density at radius 2 is 1.48 bits per heavy atom. The first kappa shape index (κ1) is 20.0. The maximum absolute atomic E-state index is 12.0. The van der Waals surface area contributed by atoms with Crippen molar-refractivity contribution in [3.63, 3.8) is 0 Å². The van der Waals surface area contributed by atoms with E-state index in [4.69, 9.17) is 0 Å². The molecule has 0 spiro atoms. The second kappa shape index (κ2) is 8.63. The second-order valence-electron chi connectivity index (χ2n) is 6.55. The van der Waals surface area contributed by atoms with Crippen LogP contribution in [0.3, 0.4) is 0 Å². The molecule has 0 aliphatic carbocycles. The van der Waals surface area contributed by atoms with Crippen LogP contribution in [0.2, 0.25) is 0 Å². The quantitative estimate of drug-likeness (QED) is 0.285. The third-order valence-electron chi connectivity index (χ3n) is 4.65. The number of rotatable bonds is 5. The van der Waals surface area contributed by atoms with Crippen molar-refractivity contribution in [2.24, 2.45) is 0 Å². The summed E-state index contributed by atoms with van der Waals surface area (Å²) >= 11 is 2.59. The van der Waals surface area contributed by atoms with Gasteiger partial charge in [0.15, 0.2) is 0 Å². The number of hydrogen-bond acceptors (Lipinski definition) is 3. The minimum atomic E-state index is -2.40. The highest BCUT2D eigenvalue weighted by atomic mass is 79.9. The van der Waals surface area contributed by atoms with E-state index >= 15 is 0 Å². The predicted octanol–water partition coefficient (Wildman–Crippen LogP) is 7.09. The van der Waals surface area contributed by atoms with Crippen LogP contribution in [-0.4, -0.2) is 8.76 Å². The molecule has 0 N–H and O–H groups in total. The molecule has 3 nitrogen and oxygen atoms in total. The van der Waals surface area contributed by atoms with Crippen LogP contribution in [0.1, 0.15) is 5.56 Å². The molecule has 1 aromatic heterocycles. The number of aryl methyl sites for hydroxylation is 1. The highest BCUT2D eigenvalue weighted by molar-refractivity contribution is 9.10. The van der Waals surface area contributed by atoms with E-state index in [9.17, 15) is 8.76 Å². The van der Waals surface area contributed by atoms with E-state index in [1.54, 1.807) is 0 Å². The molecule has 0 aliphatic heterocycles. The van der Waals surface area contributed by atoms with E-state index in [1.807, 2.05) is 54.8 Å². The second-order valence-corrected chi connectivity index (χ2v) is 9.18. The smallest absolute Gasteiger partial charge is 0.0651 e. The number of para-hydroxylation sites is 1. The first-order valence-electron chi connectivity index (χ1n) is 8.93. The van der Waals surface area contributed by atoms with Crippen LogP contribution < -0.4 is 4.31 Å². The Bertz CT molecular complexity index is 1150.